The fourth-order valence-corrected chi connectivity index (χ4v) is 1.13. The van der Waals surface area contributed by atoms with Crippen LogP contribution in [0.15, 0.2) is 12.1 Å². The normalized spacial score (nSPS) is 9.83. The Hall–Kier alpha value is -1.00. The van der Waals surface area contributed by atoms with Crippen molar-refractivity contribution in [3.63, 3.8) is 0 Å². The molecule has 64 valence electrons. The van der Waals surface area contributed by atoms with Gasteiger partial charge in [-0.25, -0.2) is 0 Å². The van der Waals surface area contributed by atoms with Crippen LogP contribution >= 0.6 is 23.2 Å². The first-order valence-electron chi connectivity index (χ1n) is 2.83. The smallest absolute Gasteiger partial charge is 0.272 e. The van der Waals surface area contributed by atoms with Crippen LogP contribution in [0.3, 0.4) is 0 Å². The number of halogens is 2. The minimum Gasteiger partial charge on any atom is -0.870 e. The molecule has 0 aliphatic rings. The summed E-state index contributed by atoms with van der Waals surface area (Å²) >= 11 is 10.7. The summed E-state index contributed by atoms with van der Waals surface area (Å²) in [4.78, 5) is 9.53. The van der Waals surface area contributed by atoms with E-state index < -0.39 is 10.7 Å². The van der Waals surface area contributed by atoms with Crippen LogP contribution < -0.4 is 5.11 Å². The Morgan fingerprint density at radius 3 is 2.00 bits per heavy atom. The van der Waals surface area contributed by atoms with Crippen molar-refractivity contribution >= 4 is 28.9 Å². The summed E-state index contributed by atoms with van der Waals surface area (Å²) in [7, 11) is 0. The lowest BCUT2D eigenvalue weighted by Crippen LogP contribution is -1.94. The highest BCUT2D eigenvalue weighted by Gasteiger charge is 2.08. The predicted molar refractivity (Wildman–Crippen MR) is 42.6 cm³/mol. The van der Waals surface area contributed by atoms with E-state index >= 15 is 0 Å². The quantitative estimate of drug-likeness (QED) is 0.522. The molecule has 12 heavy (non-hydrogen) atoms. The highest BCUT2D eigenvalue weighted by molar-refractivity contribution is 6.37. The third kappa shape index (κ3) is 1.60. The first-order chi connectivity index (χ1) is 5.52. The largest absolute Gasteiger partial charge is 0.870 e. The number of nitro benzene ring substituents is 1. The fraction of sp³-hybridized carbons (Fsp3) is 0. The van der Waals surface area contributed by atoms with Crippen molar-refractivity contribution in [2.45, 2.75) is 0 Å². The fourth-order valence-electron chi connectivity index (χ4n) is 0.652. The molecule has 0 saturated carbocycles. The second-order valence-corrected chi connectivity index (χ2v) is 2.81. The topological polar surface area (TPSA) is 66.2 Å². The molecule has 0 radical (unpaired) electrons. The number of benzene rings is 1. The van der Waals surface area contributed by atoms with Crippen molar-refractivity contribution in [1.29, 1.82) is 0 Å². The molecule has 0 bridgehead atoms. The van der Waals surface area contributed by atoms with E-state index in [-0.39, 0.29) is 15.7 Å². The lowest BCUT2D eigenvalue weighted by Gasteiger charge is -2.09. The Morgan fingerprint density at radius 1 is 1.25 bits per heavy atom. The molecule has 0 heterocycles. The Labute approximate surface area is 77.5 Å². The van der Waals surface area contributed by atoms with E-state index in [4.69, 9.17) is 23.2 Å². The van der Waals surface area contributed by atoms with Gasteiger partial charge in [0.25, 0.3) is 5.69 Å². The number of rotatable bonds is 1. The first-order valence-corrected chi connectivity index (χ1v) is 3.58. The summed E-state index contributed by atoms with van der Waals surface area (Å²) in [6.07, 6.45) is 0. The molecule has 0 amide bonds. The molecule has 0 atom stereocenters. The maximum absolute atomic E-state index is 10.9. The van der Waals surface area contributed by atoms with Gasteiger partial charge in [-0.1, -0.05) is 29.0 Å². The molecule has 0 unspecified atom stereocenters. The highest BCUT2D eigenvalue weighted by atomic mass is 35.5. The molecular formula is C6H2Cl2NO3-. The average Bonchev–Trinajstić information content (AvgIpc) is 1.99. The molecule has 6 heteroatoms. The van der Waals surface area contributed by atoms with Gasteiger partial charge in [-0.3, -0.25) is 10.1 Å². The highest BCUT2D eigenvalue weighted by Crippen LogP contribution is 2.33. The molecule has 0 aliphatic carbocycles. The molecule has 1 aromatic carbocycles. The van der Waals surface area contributed by atoms with Crippen LogP contribution in [0.5, 0.6) is 5.75 Å². The van der Waals surface area contributed by atoms with Gasteiger partial charge in [0.2, 0.25) is 0 Å². The number of hydrogen-bond donors (Lipinski definition) is 0. The van der Waals surface area contributed by atoms with Crippen LogP contribution in [-0.4, -0.2) is 4.92 Å². The van der Waals surface area contributed by atoms with Gasteiger partial charge in [-0.05, 0) is 0 Å². The molecule has 1 aromatic rings. The SMILES string of the molecule is O=[N+]([O-])c1cc(Cl)c([O-])c(Cl)c1. The Balaban J connectivity index is 3.31. The molecule has 1 rings (SSSR count). The Bertz CT molecular complexity index is 317. The second kappa shape index (κ2) is 3.16. The van der Waals surface area contributed by atoms with Gasteiger partial charge in [0.1, 0.15) is 0 Å². The van der Waals surface area contributed by atoms with Crippen LogP contribution in [0, 0.1) is 10.1 Å². The van der Waals surface area contributed by atoms with Crippen molar-refractivity contribution < 1.29 is 10.0 Å². The summed E-state index contributed by atoms with van der Waals surface area (Å²) in [6.45, 7) is 0. The molecule has 0 fully saturated rings. The van der Waals surface area contributed by atoms with E-state index in [1.807, 2.05) is 0 Å². The zero-order valence-electron chi connectivity index (χ0n) is 5.58. The summed E-state index contributed by atoms with van der Waals surface area (Å²) in [5.74, 6) is -0.594. The van der Waals surface area contributed by atoms with Crippen LogP contribution in [-0.2, 0) is 0 Å². The second-order valence-electron chi connectivity index (χ2n) is 2.00. The number of nitrogens with zero attached hydrogens (tertiary/aromatic N) is 1. The van der Waals surface area contributed by atoms with E-state index in [0.29, 0.717) is 0 Å². The van der Waals surface area contributed by atoms with Gasteiger partial charge >= 0.3 is 0 Å². The minimum atomic E-state index is -0.669. The van der Waals surface area contributed by atoms with Gasteiger partial charge in [-0.2, -0.15) is 0 Å². The van der Waals surface area contributed by atoms with Gasteiger partial charge in [0.15, 0.2) is 0 Å². The molecular weight excluding hydrogens is 205 g/mol. The van der Waals surface area contributed by atoms with E-state index in [0.717, 1.165) is 12.1 Å². The zero-order chi connectivity index (χ0) is 9.30. The molecule has 0 N–H and O–H groups in total. The van der Waals surface area contributed by atoms with E-state index in [9.17, 15) is 15.2 Å². The number of non-ortho nitro benzene ring substituents is 1. The van der Waals surface area contributed by atoms with Crippen LogP contribution in [0.2, 0.25) is 10.0 Å². The molecule has 0 spiro atoms. The number of hydrogen-bond acceptors (Lipinski definition) is 3. The standard InChI is InChI=1S/C6H3Cl2NO3/c7-4-1-3(9(11)12)2-5(8)6(4)10/h1-2,10H/p-1. The van der Waals surface area contributed by atoms with Gasteiger partial charge in [-0.15, -0.1) is 0 Å². The maximum Gasteiger partial charge on any atom is 0.272 e. The maximum atomic E-state index is 10.9. The van der Waals surface area contributed by atoms with Gasteiger partial charge in [0, 0.05) is 22.2 Å². The predicted octanol–water partition coefficient (Wildman–Crippen LogP) is 1.98. The minimum absolute atomic E-state index is 0.241. The first kappa shape index (κ1) is 9.09. The summed E-state index contributed by atoms with van der Waals surface area (Å²) < 4.78 is 0. The van der Waals surface area contributed by atoms with Gasteiger partial charge in [0.05, 0.1) is 4.92 Å². The van der Waals surface area contributed by atoms with Crippen molar-refractivity contribution in [1.82, 2.24) is 0 Å². The monoisotopic (exact) mass is 206 g/mol. The summed E-state index contributed by atoms with van der Waals surface area (Å²) in [6, 6.07) is 1.94. The summed E-state index contributed by atoms with van der Waals surface area (Å²) in [5, 5.41) is 20.6. The summed E-state index contributed by atoms with van der Waals surface area (Å²) in [5.41, 5.74) is -0.287. The van der Waals surface area contributed by atoms with Crippen LogP contribution in [0.25, 0.3) is 0 Å². The van der Waals surface area contributed by atoms with Crippen LogP contribution in [0.1, 0.15) is 0 Å². The van der Waals surface area contributed by atoms with E-state index in [2.05, 4.69) is 0 Å². The van der Waals surface area contributed by atoms with E-state index in [1.54, 1.807) is 0 Å². The van der Waals surface area contributed by atoms with E-state index in [1.165, 1.54) is 0 Å². The molecule has 0 aromatic heterocycles. The molecule has 0 aliphatic heterocycles. The van der Waals surface area contributed by atoms with Crippen molar-refractivity contribution in [2.24, 2.45) is 0 Å². The number of nitro groups is 1. The Morgan fingerprint density at radius 2 is 1.67 bits per heavy atom. The van der Waals surface area contributed by atoms with Gasteiger partial charge < -0.3 is 5.11 Å². The lowest BCUT2D eigenvalue weighted by molar-refractivity contribution is -0.385. The lowest BCUT2D eigenvalue weighted by atomic mass is 10.3. The van der Waals surface area contributed by atoms with Crippen molar-refractivity contribution in [3.8, 4) is 5.75 Å². The zero-order valence-corrected chi connectivity index (χ0v) is 7.09. The van der Waals surface area contributed by atoms with Crippen LogP contribution in [0.4, 0.5) is 5.69 Å². The molecule has 4 nitrogen and oxygen atoms in total. The van der Waals surface area contributed by atoms with Crippen molar-refractivity contribution in [3.05, 3.63) is 32.3 Å². The third-order valence-electron chi connectivity index (χ3n) is 1.19. The molecule has 0 saturated heterocycles. The average molecular weight is 207 g/mol. The Kier molecular flexibility index (Phi) is 2.40. The third-order valence-corrected chi connectivity index (χ3v) is 1.76. The van der Waals surface area contributed by atoms with Crippen molar-refractivity contribution in [2.75, 3.05) is 0 Å².